The van der Waals surface area contributed by atoms with Gasteiger partial charge in [0.2, 0.25) is 5.13 Å². The van der Waals surface area contributed by atoms with Gasteiger partial charge >= 0.3 is 75.4 Å². The van der Waals surface area contributed by atoms with Gasteiger partial charge in [0, 0.05) is 23.3 Å². The summed E-state index contributed by atoms with van der Waals surface area (Å²) in [7, 11) is -19.0. The molecule has 5 rings (SSSR count). The molecule has 0 unspecified atom stereocenters. The molecule has 0 spiro atoms. The molecule has 0 aliphatic heterocycles. The van der Waals surface area contributed by atoms with Crippen molar-refractivity contribution in [3.63, 3.8) is 0 Å². The number of azo groups is 2. The third-order valence-electron chi connectivity index (χ3n) is 7.17. The molecule has 0 saturated carbocycles. The number of nitrogens with zero attached hydrogens (tertiary/aromatic N) is 5. The normalized spacial score (nSPS) is 12.2. The summed E-state index contributed by atoms with van der Waals surface area (Å²) < 4.78 is 147. The molecule has 0 saturated heterocycles. The maximum absolute atomic E-state index is 13.4. The predicted molar refractivity (Wildman–Crippen MR) is 181 cm³/mol. The predicted octanol–water partition coefficient (Wildman–Crippen LogP) is -8.53. The van der Waals surface area contributed by atoms with E-state index in [-0.39, 0.29) is 121 Å². The fourth-order valence-corrected chi connectivity index (χ4v) is 8.15. The number of ether oxygens (including phenoxy) is 2. The second-order valence-corrected chi connectivity index (χ2v) is 17.5. The summed E-state index contributed by atoms with van der Waals surface area (Å²) >= 11 is 0.948. The van der Waals surface area contributed by atoms with Crippen molar-refractivity contribution in [3.8, 4) is 23.0 Å². The first-order chi connectivity index (χ1) is 25.0. The van der Waals surface area contributed by atoms with Crippen molar-refractivity contribution in [3.05, 3.63) is 48.0 Å². The smallest absolute Gasteiger partial charge is 0.872 e. The number of rotatable bonds is 13. The molecule has 30 heteroatoms. The second-order valence-electron chi connectivity index (χ2n) is 10.9. The Morgan fingerprint density at radius 1 is 0.759 bits per heavy atom. The van der Waals surface area contributed by atoms with E-state index in [1.165, 1.54) is 32.2 Å². The molecule has 5 aromatic rings. The standard InChI is InChI=1S/C28H25N5O16S5.4Li/c1-13-8-17(31-32-25-24(53(42,43)44)9-15-14(26(25)35)4-5-19(34)27(15)54(45,46)47)20(49-6-3-7-51(36,37)38)10-16(13)30-33-28-29-18-11-23(52(39,40)41)21(48-2)12-22(18)50-28;;;;/h4-5,8-12,34-35H,3,6-7H2,1-2H3,(H,36,37,38)(H,39,40,41)(H,42,43,44)(H,45,46,47);;;;/q;4*+1/p-4. The summed E-state index contributed by atoms with van der Waals surface area (Å²) in [5.41, 5.74) is -0.854. The van der Waals surface area contributed by atoms with E-state index in [0.717, 1.165) is 23.5 Å². The molecule has 21 nitrogen and oxygen atoms in total. The van der Waals surface area contributed by atoms with Crippen LogP contribution in [0.2, 0.25) is 0 Å². The Morgan fingerprint density at radius 2 is 1.40 bits per heavy atom. The maximum Gasteiger partial charge on any atom is 1.00 e. The summed E-state index contributed by atoms with van der Waals surface area (Å²) in [6, 6.07) is 6.68. The van der Waals surface area contributed by atoms with Gasteiger partial charge in [0.1, 0.15) is 32.2 Å². The molecule has 0 atom stereocenters. The summed E-state index contributed by atoms with van der Waals surface area (Å²) in [6.45, 7) is 1.09. The molecule has 0 bridgehead atoms. The fourth-order valence-electron chi connectivity index (χ4n) is 4.82. The molecular weight excluding hydrogens is 850 g/mol. The summed E-state index contributed by atoms with van der Waals surface area (Å²) in [5, 5.41) is 39.9. The third kappa shape index (κ3) is 12.5. The number of aryl methyl sites for hydroxylation is 1. The molecule has 0 amide bonds. The molecule has 288 valence electrons. The molecule has 1 heterocycles. The van der Waals surface area contributed by atoms with Gasteiger partial charge in [-0.3, -0.25) is 9.11 Å². The monoisotopic (exact) mass is 871 g/mol. The SMILES string of the molecule is COc1cc2sc(N=Nc3cc(OCCCS(=O)(=O)[O-])c(N=Nc4c(S(=O)(=O)O)cc5c(S(=O)(=O)O)c([O-])ccc5c4[O-])cc3C)nc2cc1S(=O)(=O)[O-].[Li+].[Li+].[Li+].[Li+]. The third-order valence-corrected chi connectivity index (χ3v) is 11.5. The number of hydrogen-bond acceptors (Lipinski definition) is 20. The van der Waals surface area contributed by atoms with E-state index in [1.807, 2.05) is 0 Å². The number of methoxy groups -OCH3 is 1. The zero-order chi connectivity index (χ0) is 40.0. The zero-order valence-electron chi connectivity index (χ0n) is 31.0. The van der Waals surface area contributed by atoms with Gasteiger partial charge in [-0.2, -0.15) is 16.8 Å². The largest absolute Gasteiger partial charge is 1.00 e. The van der Waals surface area contributed by atoms with Crippen LogP contribution in [-0.2, 0) is 40.5 Å². The zero-order valence-corrected chi connectivity index (χ0v) is 35.1. The minimum atomic E-state index is -5.38. The molecule has 2 N–H and O–H groups in total. The summed E-state index contributed by atoms with van der Waals surface area (Å²) in [5.74, 6) is -3.87. The first-order valence-electron chi connectivity index (χ1n) is 14.4. The van der Waals surface area contributed by atoms with Gasteiger partial charge in [-0.25, -0.2) is 21.8 Å². The van der Waals surface area contributed by atoms with Crippen LogP contribution in [0.1, 0.15) is 12.0 Å². The second kappa shape index (κ2) is 20.3. The van der Waals surface area contributed by atoms with E-state index in [1.54, 1.807) is 0 Å². The Morgan fingerprint density at radius 3 is 1.97 bits per heavy atom. The van der Waals surface area contributed by atoms with Gasteiger partial charge < -0.3 is 28.8 Å². The van der Waals surface area contributed by atoms with Crippen molar-refractivity contribution >= 4 is 95.0 Å². The maximum atomic E-state index is 13.4. The fraction of sp³-hybridized carbons (Fsp3) is 0.179. The average Bonchev–Trinajstić information content (AvgIpc) is 3.45. The van der Waals surface area contributed by atoms with E-state index in [0.29, 0.717) is 16.8 Å². The van der Waals surface area contributed by atoms with Crippen LogP contribution in [0.5, 0.6) is 23.0 Å². The van der Waals surface area contributed by atoms with Crippen LogP contribution in [-0.4, -0.2) is 76.3 Å². The summed E-state index contributed by atoms with van der Waals surface area (Å²) in [4.78, 5) is 0.909. The van der Waals surface area contributed by atoms with Crippen LogP contribution < -0.4 is 95.1 Å². The van der Waals surface area contributed by atoms with Gasteiger partial charge in [-0.1, -0.05) is 35.0 Å². The van der Waals surface area contributed by atoms with E-state index >= 15 is 0 Å². The number of thiazole rings is 1. The Kier molecular flexibility index (Phi) is 18.8. The van der Waals surface area contributed by atoms with Crippen molar-refractivity contribution in [2.45, 2.75) is 28.0 Å². The van der Waals surface area contributed by atoms with Crippen molar-refractivity contribution in [2.24, 2.45) is 20.5 Å². The van der Waals surface area contributed by atoms with Crippen LogP contribution in [0.25, 0.3) is 21.0 Å². The first kappa shape index (κ1) is 53.5. The van der Waals surface area contributed by atoms with Crippen molar-refractivity contribution < 1.29 is 147 Å². The Bertz CT molecular complexity index is 2880. The van der Waals surface area contributed by atoms with Crippen LogP contribution in [0, 0.1) is 6.92 Å². The van der Waals surface area contributed by atoms with Gasteiger partial charge in [-0.15, -0.1) is 20.5 Å². The Balaban J connectivity index is 0.00000420. The molecule has 58 heavy (non-hydrogen) atoms. The minimum Gasteiger partial charge on any atom is -0.872 e. The van der Waals surface area contributed by atoms with E-state index in [4.69, 9.17) is 9.47 Å². The molecule has 0 fully saturated rings. The van der Waals surface area contributed by atoms with Gasteiger partial charge in [0.15, 0.2) is 0 Å². The number of fused-ring (bicyclic) bond motifs is 2. The van der Waals surface area contributed by atoms with Gasteiger partial charge in [0.25, 0.3) is 20.2 Å². The van der Waals surface area contributed by atoms with E-state index in [9.17, 15) is 62.1 Å². The van der Waals surface area contributed by atoms with Crippen LogP contribution in [0.4, 0.5) is 22.2 Å². The molecule has 0 aliphatic rings. The Hall–Kier alpha value is -2.54. The molecule has 0 aliphatic carbocycles. The van der Waals surface area contributed by atoms with Crippen molar-refractivity contribution in [1.82, 2.24) is 4.98 Å². The van der Waals surface area contributed by atoms with Crippen LogP contribution in [0.15, 0.2) is 77.6 Å². The summed E-state index contributed by atoms with van der Waals surface area (Å²) in [6.07, 6.45) is -0.302. The molecule has 4 aromatic carbocycles. The van der Waals surface area contributed by atoms with Gasteiger partial charge in [0.05, 0.1) is 55.2 Å². The number of hydrogen-bond donors (Lipinski definition) is 2. The average molecular weight is 872 g/mol. The first-order valence-corrected chi connectivity index (χ1v) is 21.1. The number of benzene rings is 4. The van der Waals surface area contributed by atoms with Crippen molar-refractivity contribution in [1.29, 1.82) is 0 Å². The molecule has 1 aromatic heterocycles. The van der Waals surface area contributed by atoms with Crippen LogP contribution in [0.3, 0.4) is 0 Å². The van der Waals surface area contributed by atoms with Crippen molar-refractivity contribution in [2.75, 3.05) is 19.5 Å². The van der Waals surface area contributed by atoms with Crippen LogP contribution >= 0.6 is 11.3 Å². The Labute approximate surface area is 382 Å². The van der Waals surface area contributed by atoms with E-state index in [2.05, 4.69) is 25.4 Å². The number of aromatic nitrogens is 1. The quantitative estimate of drug-likeness (QED) is 0.0480. The minimum absolute atomic E-state index is 0. The van der Waals surface area contributed by atoms with Gasteiger partial charge in [-0.05, 0) is 42.5 Å². The molecular formula is C28H21Li4N5O16S5. The topological polar surface area (TPSA) is 350 Å². The van der Waals surface area contributed by atoms with E-state index < -0.39 is 95.5 Å². The molecule has 0 radical (unpaired) electrons.